The van der Waals surface area contributed by atoms with Crippen molar-refractivity contribution in [1.82, 2.24) is 0 Å². The van der Waals surface area contributed by atoms with E-state index in [1.165, 1.54) is 12.1 Å². The lowest BCUT2D eigenvalue weighted by molar-refractivity contribution is 0.601. The van der Waals surface area contributed by atoms with Gasteiger partial charge in [0.05, 0.1) is 23.1 Å². The largest absolute Gasteiger partial charge is 0.399 e. The number of nitriles is 1. The van der Waals surface area contributed by atoms with Crippen LogP contribution in [0.5, 0.6) is 0 Å². The second kappa shape index (κ2) is 5.63. The van der Waals surface area contributed by atoms with E-state index in [4.69, 9.17) is 11.0 Å². The SMILES string of the molecule is N#CCc1ccc(S(=O)(=O)Nc2cccc(N)c2)cc1. The molecule has 6 heteroatoms. The molecule has 0 radical (unpaired) electrons. The zero-order chi connectivity index (χ0) is 14.6. The van der Waals surface area contributed by atoms with Gasteiger partial charge >= 0.3 is 0 Å². The summed E-state index contributed by atoms with van der Waals surface area (Å²) in [5.74, 6) is 0. The average molecular weight is 287 g/mol. The topological polar surface area (TPSA) is 96.0 Å². The fourth-order valence-corrected chi connectivity index (χ4v) is 2.74. The highest BCUT2D eigenvalue weighted by molar-refractivity contribution is 7.92. The van der Waals surface area contributed by atoms with Crippen LogP contribution < -0.4 is 10.5 Å². The molecule has 0 fully saturated rings. The van der Waals surface area contributed by atoms with Gasteiger partial charge in [-0.15, -0.1) is 0 Å². The number of benzene rings is 2. The zero-order valence-electron chi connectivity index (χ0n) is 10.6. The summed E-state index contributed by atoms with van der Waals surface area (Å²) in [5.41, 5.74) is 7.27. The van der Waals surface area contributed by atoms with Crippen molar-refractivity contribution in [2.75, 3.05) is 10.5 Å². The molecular weight excluding hydrogens is 274 g/mol. The van der Waals surface area contributed by atoms with Crippen LogP contribution in [0.25, 0.3) is 0 Å². The number of hydrogen-bond acceptors (Lipinski definition) is 4. The smallest absolute Gasteiger partial charge is 0.261 e. The van der Waals surface area contributed by atoms with Gasteiger partial charge in [0.2, 0.25) is 0 Å². The van der Waals surface area contributed by atoms with Gasteiger partial charge in [-0.1, -0.05) is 18.2 Å². The molecule has 3 N–H and O–H groups in total. The van der Waals surface area contributed by atoms with Crippen LogP contribution >= 0.6 is 0 Å². The standard InChI is InChI=1S/C14H13N3O2S/c15-9-8-11-4-6-14(7-5-11)20(18,19)17-13-3-1-2-12(16)10-13/h1-7,10,17H,8,16H2. The monoisotopic (exact) mass is 287 g/mol. The second-order valence-corrected chi connectivity index (χ2v) is 5.89. The van der Waals surface area contributed by atoms with Gasteiger partial charge in [0.15, 0.2) is 0 Å². The minimum atomic E-state index is -3.65. The van der Waals surface area contributed by atoms with E-state index < -0.39 is 10.0 Å². The molecule has 5 nitrogen and oxygen atoms in total. The van der Waals surface area contributed by atoms with Gasteiger partial charge in [0, 0.05) is 5.69 Å². The lowest BCUT2D eigenvalue weighted by Gasteiger charge is -2.08. The van der Waals surface area contributed by atoms with Gasteiger partial charge in [0.1, 0.15) is 0 Å². The maximum Gasteiger partial charge on any atom is 0.261 e. The Morgan fingerprint density at radius 2 is 1.85 bits per heavy atom. The molecule has 0 bridgehead atoms. The molecule has 0 atom stereocenters. The molecule has 0 saturated carbocycles. The van der Waals surface area contributed by atoms with Crippen LogP contribution in [-0.4, -0.2) is 8.42 Å². The van der Waals surface area contributed by atoms with E-state index >= 15 is 0 Å². The molecule has 0 aliphatic carbocycles. The third-order valence-electron chi connectivity index (χ3n) is 2.66. The molecule has 102 valence electrons. The highest BCUT2D eigenvalue weighted by Crippen LogP contribution is 2.18. The summed E-state index contributed by atoms with van der Waals surface area (Å²) in [5, 5.41) is 8.58. The van der Waals surface area contributed by atoms with Gasteiger partial charge in [-0.2, -0.15) is 5.26 Å². The molecule has 0 amide bonds. The van der Waals surface area contributed by atoms with Crippen molar-refractivity contribution in [2.24, 2.45) is 0 Å². The summed E-state index contributed by atoms with van der Waals surface area (Å²) in [4.78, 5) is 0.140. The summed E-state index contributed by atoms with van der Waals surface area (Å²) >= 11 is 0. The number of sulfonamides is 1. The molecule has 2 aromatic carbocycles. The maximum atomic E-state index is 12.2. The highest BCUT2D eigenvalue weighted by Gasteiger charge is 2.13. The van der Waals surface area contributed by atoms with E-state index in [2.05, 4.69) is 4.72 Å². The number of rotatable bonds is 4. The summed E-state index contributed by atoms with van der Waals surface area (Å²) < 4.78 is 26.8. The first kappa shape index (κ1) is 13.9. The molecule has 20 heavy (non-hydrogen) atoms. The number of nitrogen functional groups attached to an aromatic ring is 1. The van der Waals surface area contributed by atoms with E-state index in [1.807, 2.05) is 6.07 Å². The summed E-state index contributed by atoms with van der Waals surface area (Å²) in [6.45, 7) is 0. The van der Waals surface area contributed by atoms with Crippen molar-refractivity contribution in [1.29, 1.82) is 5.26 Å². The van der Waals surface area contributed by atoms with Crippen molar-refractivity contribution < 1.29 is 8.42 Å². The molecule has 0 aliphatic heterocycles. The number of nitrogens with two attached hydrogens (primary N) is 1. The Morgan fingerprint density at radius 1 is 1.15 bits per heavy atom. The lowest BCUT2D eigenvalue weighted by Crippen LogP contribution is -2.13. The Balaban J connectivity index is 2.24. The van der Waals surface area contributed by atoms with Gasteiger partial charge in [-0.25, -0.2) is 8.42 Å². The molecule has 0 aromatic heterocycles. The van der Waals surface area contributed by atoms with E-state index in [9.17, 15) is 8.42 Å². The Morgan fingerprint density at radius 3 is 2.45 bits per heavy atom. The van der Waals surface area contributed by atoms with Crippen LogP contribution in [0.3, 0.4) is 0 Å². The van der Waals surface area contributed by atoms with Crippen LogP contribution in [0.15, 0.2) is 53.4 Å². The van der Waals surface area contributed by atoms with Crippen molar-refractivity contribution in [2.45, 2.75) is 11.3 Å². The van der Waals surface area contributed by atoms with E-state index in [0.717, 1.165) is 5.56 Å². The minimum Gasteiger partial charge on any atom is -0.399 e. The van der Waals surface area contributed by atoms with Crippen LogP contribution in [0, 0.1) is 11.3 Å². The number of anilines is 2. The molecule has 0 spiro atoms. The quantitative estimate of drug-likeness (QED) is 0.842. The molecule has 0 aliphatic rings. The lowest BCUT2D eigenvalue weighted by atomic mass is 10.2. The van der Waals surface area contributed by atoms with E-state index in [-0.39, 0.29) is 11.3 Å². The van der Waals surface area contributed by atoms with Crippen LogP contribution in [-0.2, 0) is 16.4 Å². The number of nitrogens with zero attached hydrogens (tertiary/aromatic N) is 1. The van der Waals surface area contributed by atoms with Crippen LogP contribution in [0.1, 0.15) is 5.56 Å². The summed E-state index contributed by atoms with van der Waals surface area (Å²) in [6, 6.07) is 14.7. The molecular formula is C14H13N3O2S. The molecule has 0 saturated heterocycles. The van der Waals surface area contributed by atoms with Gasteiger partial charge in [-0.05, 0) is 35.9 Å². The van der Waals surface area contributed by atoms with E-state index in [0.29, 0.717) is 11.4 Å². The van der Waals surface area contributed by atoms with Crippen molar-refractivity contribution in [3.8, 4) is 6.07 Å². The first-order chi connectivity index (χ1) is 9.51. The average Bonchev–Trinajstić information content (AvgIpc) is 2.39. The van der Waals surface area contributed by atoms with Crippen molar-refractivity contribution in [3.63, 3.8) is 0 Å². The Labute approximate surface area is 117 Å². The minimum absolute atomic E-state index is 0.140. The van der Waals surface area contributed by atoms with Crippen molar-refractivity contribution in [3.05, 3.63) is 54.1 Å². The predicted octanol–water partition coefficient (Wildman–Crippen LogP) is 2.14. The Bertz CT molecular complexity index is 747. The van der Waals surface area contributed by atoms with Gasteiger partial charge < -0.3 is 5.73 Å². The zero-order valence-corrected chi connectivity index (χ0v) is 11.4. The van der Waals surface area contributed by atoms with Crippen molar-refractivity contribution >= 4 is 21.4 Å². The summed E-state index contributed by atoms with van der Waals surface area (Å²) in [6.07, 6.45) is 0.253. The number of hydrogen-bond donors (Lipinski definition) is 2. The maximum absolute atomic E-state index is 12.2. The molecule has 0 heterocycles. The normalized spacial score (nSPS) is 10.8. The predicted molar refractivity (Wildman–Crippen MR) is 77.4 cm³/mol. The Hall–Kier alpha value is -2.52. The highest BCUT2D eigenvalue weighted by atomic mass is 32.2. The number of nitrogens with one attached hydrogen (secondary N) is 1. The molecule has 2 rings (SSSR count). The fourth-order valence-electron chi connectivity index (χ4n) is 1.69. The molecule has 2 aromatic rings. The Kier molecular flexibility index (Phi) is 3.91. The van der Waals surface area contributed by atoms with E-state index in [1.54, 1.807) is 36.4 Å². The van der Waals surface area contributed by atoms with Gasteiger partial charge in [-0.3, -0.25) is 4.72 Å². The first-order valence-electron chi connectivity index (χ1n) is 5.85. The second-order valence-electron chi connectivity index (χ2n) is 4.21. The third-order valence-corrected chi connectivity index (χ3v) is 4.05. The fraction of sp³-hybridized carbons (Fsp3) is 0.0714. The molecule has 0 unspecified atom stereocenters. The van der Waals surface area contributed by atoms with Crippen LogP contribution in [0.4, 0.5) is 11.4 Å². The third kappa shape index (κ3) is 3.28. The van der Waals surface area contributed by atoms with Gasteiger partial charge in [0.25, 0.3) is 10.0 Å². The summed E-state index contributed by atoms with van der Waals surface area (Å²) in [7, 11) is -3.65. The van der Waals surface area contributed by atoms with Crippen LogP contribution in [0.2, 0.25) is 0 Å². The first-order valence-corrected chi connectivity index (χ1v) is 7.34.